The van der Waals surface area contributed by atoms with Crippen LogP contribution in [0.4, 0.5) is 13.2 Å². The lowest BCUT2D eigenvalue weighted by atomic mass is 9.85. The van der Waals surface area contributed by atoms with Gasteiger partial charge in [-0.2, -0.15) is 13.2 Å². The molecule has 1 aliphatic rings. The summed E-state index contributed by atoms with van der Waals surface area (Å²) in [5, 5.41) is 27.6. The van der Waals surface area contributed by atoms with E-state index in [1.165, 1.54) is 6.07 Å². The first-order chi connectivity index (χ1) is 14.0. The lowest BCUT2D eigenvalue weighted by molar-refractivity contribution is -0.192. The third-order valence-corrected chi connectivity index (χ3v) is 5.38. The summed E-state index contributed by atoms with van der Waals surface area (Å²) >= 11 is 11.9. The SMILES string of the molecule is CC(C)(O)CC(=O)N1CCC(C(N)c2cc(Cl)c(Cl)cc2O)CC1.O=C(O)C(F)(F)F. The highest BCUT2D eigenvalue weighted by atomic mass is 35.5. The van der Waals surface area contributed by atoms with E-state index in [1.54, 1.807) is 24.8 Å². The largest absolute Gasteiger partial charge is 0.508 e. The Kier molecular flexibility index (Phi) is 9.43. The molecule has 1 saturated heterocycles. The van der Waals surface area contributed by atoms with Crippen molar-refractivity contribution in [2.75, 3.05) is 13.1 Å². The zero-order valence-corrected chi connectivity index (χ0v) is 18.4. The van der Waals surface area contributed by atoms with Crippen molar-refractivity contribution in [3.63, 3.8) is 0 Å². The topological polar surface area (TPSA) is 124 Å². The smallest absolute Gasteiger partial charge is 0.490 e. The molecule has 7 nitrogen and oxygen atoms in total. The number of carboxylic acids is 1. The highest BCUT2D eigenvalue weighted by Crippen LogP contribution is 2.37. The number of aliphatic hydroxyl groups is 1. The Morgan fingerprint density at radius 1 is 1.19 bits per heavy atom. The molecule has 1 atom stereocenters. The van der Waals surface area contributed by atoms with Crippen molar-refractivity contribution in [3.8, 4) is 5.75 Å². The fraction of sp³-hybridized carbons (Fsp3) is 0.579. The van der Waals surface area contributed by atoms with E-state index in [2.05, 4.69) is 0 Å². The van der Waals surface area contributed by atoms with Gasteiger partial charge in [-0.05, 0) is 38.7 Å². The number of nitrogens with zero attached hydrogens (tertiary/aromatic N) is 1. The highest BCUT2D eigenvalue weighted by Gasteiger charge is 2.38. The minimum Gasteiger partial charge on any atom is -0.508 e. The van der Waals surface area contributed by atoms with E-state index in [0.717, 1.165) is 12.8 Å². The molecule has 1 aromatic rings. The number of nitrogens with two attached hydrogens (primary N) is 1. The van der Waals surface area contributed by atoms with E-state index < -0.39 is 17.7 Å². The minimum absolute atomic E-state index is 0.0393. The molecule has 5 N–H and O–H groups in total. The zero-order valence-electron chi connectivity index (χ0n) is 16.9. The van der Waals surface area contributed by atoms with Crippen LogP contribution in [0.1, 0.15) is 44.7 Å². The first-order valence-corrected chi connectivity index (χ1v) is 10.0. The molecule has 12 heteroatoms. The number of carboxylic acid groups (broad SMARTS) is 1. The molecule has 0 aromatic heterocycles. The molecular formula is C19H25Cl2F3N2O5. The van der Waals surface area contributed by atoms with Crippen LogP contribution in [0, 0.1) is 5.92 Å². The third-order valence-electron chi connectivity index (χ3n) is 4.66. The number of phenolic OH excluding ortho intramolecular Hbond substituents is 1. The van der Waals surface area contributed by atoms with Crippen molar-refractivity contribution < 1.29 is 38.1 Å². The Balaban J connectivity index is 0.000000592. The number of aromatic hydroxyl groups is 1. The molecule has 0 spiro atoms. The number of hydrogen-bond acceptors (Lipinski definition) is 5. The number of likely N-dealkylation sites (tertiary alicyclic amines) is 1. The number of phenols is 1. The minimum atomic E-state index is -5.08. The molecule has 0 saturated carbocycles. The molecule has 1 fully saturated rings. The van der Waals surface area contributed by atoms with Crippen LogP contribution in [0.15, 0.2) is 12.1 Å². The van der Waals surface area contributed by atoms with E-state index in [-0.39, 0.29) is 35.1 Å². The first kappa shape index (κ1) is 27.3. The molecule has 1 heterocycles. The van der Waals surface area contributed by atoms with Gasteiger partial charge in [0.2, 0.25) is 5.91 Å². The molecule has 2 rings (SSSR count). The van der Waals surface area contributed by atoms with E-state index in [4.69, 9.17) is 38.8 Å². The number of halogens is 5. The highest BCUT2D eigenvalue weighted by molar-refractivity contribution is 6.42. The van der Waals surface area contributed by atoms with Gasteiger partial charge in [0, 0.05) is 30.8 Å². The van der Waals surface area contributed by atoms with Crippen LogP contribution >= 0.6 is 23.2 Å². The number of piperidine rings is 1. The van der Waals surface area contributed by atoms with E-state index >= 15 is 0 Å². The molecule has 1 unspecified atom stereocenters. The molecule has 176 valence electrons. The summed E-state index contributed by atoms with van der Waals surface area (Å²) < 4.78 is 31.7. The monoisotopic (exact) mass is 488 g/mol. The van der Waals surface area contributed by atoms with Crippen LogP contribution in [0.25, 0.3) is 0 Å². The van der Waals surface area contributed by atoms with Crippen LogP contribution in [0.5, 0.6) is 5.75 Å². The standard InChI is InChI=1S/C17H24Cl2N2O3.C2HF3O2/c1-17(2,24)9-15(23)21-5-3-10(4-6-21)16(20)11-7-12(18)13(19)8-14(11)22;3-2(4,5)1(6)7/h7-8,10,16,22,24H,3-6,9,20H2,1-2H3;(H,6,7). The zero-order chi connectivity index (χ0) is 24.1. The summed E-state index contributed by atoms with van der Waals surface area (Å²) in [4.78, 5) is 22.8. The van der Waals surface area contributed by atoms with E-state index in [9.17, 15) is 28.2 Å². The summed E-state index contributed by atoms with van der Waals surface area (Å²) in [6.45, 7) is 4.44. The summed E-state index contributed by atoms with van der Waals surface area (Å²) in [5.41, 5.74) is 5.88. The number of carbonyl (C=O) groups excluding carboxylic acids is 1. The summed E-state index contributed by atoms with van der Waals surface area (Å²) in [5.74, 6) is -2.63. The Morgan fingerprint density at radius 2 is 1.65 bits per heavy atom. The maximum absolute atomic E-state index is 12.2. The second-order valence-electron chi connectivity index (χ2n) is 7.86. The predicted octanol–water partition coefficient (Wildman–Crippen LogP) is 3.73. The second kappa shape index (κ2) is 10.7. The normalized spacial score (nSPS) is 16.4. The van der Waals surface area contributed by atoms with E-state index in [0.29, 0.717) is 23.7 Å². The number of carbonyl (C=O) groups is 2. The van der Waals surface area contributed by atoms with Gasteiger partial charge < -0.3 is 26.0 Å². The average Bonchev–Trinajstić information content (AvgIpc) is 2.62. The molecule has 0 bridgehead atoms. The molecule has 1 amide bonds. The number of amides is 1. The quantitative estimate of drug-likeness (QED) is 0.511. The van der Waals surface area contributed by atoms with Gasteiger partial charge in [-0.1, -0.05) is 23.2 Å². The van der Waals surface area contributed by atoms with Crippen LogP contribution in [0.2, 0.25) is 10.0 Å². The Labute approximate surface area is 187 Å². The van der Waals surface area contributed by atoms with Gasteiger partial charge >= 0.3 is 12.1 Å². The molecule has 1 aromatic carbocycles. The van der Waals surface area contributed by atoms with Gasteiger partial charge in [0.05, 0.1) is 22.1 Å². The lowest BCUT2D eigenvalue weighted by Crippen LogP contribution is -2.43. The first-order valence-electron chi connectivity index (χ1n) is 9.26. The molecular weight excluding hydrogens is 464 g/mol. The fourth-order valence-electron chi connectivity index (χ4n) is 3.06. The third kappa shape index (κ3) is 8.72. The predicted molar refractivity (Wildman–Crippen MR) is 109 cm³/mol. The van der Waals surface area contributed by atoms with Crippen molar-refractivity contribution in [1.29, 1.82) is 0 Å². The Morgan fingerprint density at radius 3 is 2.06 bits per heavy atom. The van der Waals surface area contributed by atoms with Crippen molar-refractivity contribution in [1.82, 2.24) is 4.90 Å². The van der Waals surface area contributed by atoms with Gasteiger partial charge in [0.25, 0.3) is 0 Å². The van der Waals surface area contributed by atoms with Gasteiger partial charge in [0.1, 0.15) is 5.75 Å². The Bertz CT molecular complexity index is 792. The maximum Gasteiger partial charge on any atom is 0.490 e. The van der Waals surface area contributed by atoms with Crippen LogP contribution in [-0.4, -0.2) is 57.0 Å². The van der Waals surface area contributed by atoms with E-state index in [1.807, 2.05) is 0 Å². The van der Waals surface area contributed by atoms with Crippen molar-refractivity contribution in [2.45, 2.75) is 50.9 Å². The van der Waals surface area contributed by atoms with Crippen LogP contribution in [-0.2, 0) is 9.59 Å². The molecule has 0 radical (unpaired) electrons. The van der Waals surface area contributed by atoms with Gasteiger partial charge in [-0.25, -0.2) is 4.79 Å². The van der Waals surface area contributed by atoms with Gasteiger partial charge in [0.15, 0.2) is 0 Å². The molecule has 0 aliphatic carbocycles. The summed E-state index contributed by atoms with van der Waals surface area (Å²) in [7, 11) is 0. The average molecular weight is 489 g/mol. The second-order valence-corrected chi connectivity index (χ2v) is 8.68. The summed E-state index contributed by atoms with van der Waals surface area (Å²) in [6.07, 6.45) is -3.51. The Hall–Kier alpha value is -1.75. The number of hydrogen-bond donors (Lipinski definition) is 4. The maximum atomic E-state index is 12.2. The number of aliphatic carboxylic acids is 1. The van der Waals surface area contributed by atoms with Crippen molar-refractivity contribution in [3.05, 3.63) is 27.7 Å². The summed E-state index contributed by atoms with van der Waals surface area (Å²) in [6, 6.07) is 2.64. The number of benzene rings is 1. The van der Waals surface area contributed by atoms with Crippen LogP contribution in [0.3, 0.4) is 0 Å². The van der Waals surface area contributed by atoms with Crippen molar-refractivity contribution >= 4 is 35.1 Å². The van der Waals surface area contributed by atoms with Gasteiger partial charge in [-0.3, -0.25) is 4.79 Å². The molecule has 1 aliphatic heterocycles. The number of alkyl halides is 3. The van der Waals surface area contributed by atoms with Crippen LogP contribution < -0.4 is 5.73 Å². The molecule has 31 heavy (non-hydrogen) atoms. The van der Waals surface area contributed by atoms with Gasteiger partial charge in [-0.15, -0.1) is 0 Å². The lowest BCUT2D eigenvalue weighted by Gasteiger charge is -2.36. The number of rotatable bonds is 4. The van der Waals surface area contributed by atoms with Crippen molar-refractivity contribution in [2.24, 2.45) is 11.7 Å². The fourth-order valence-corrected chi connectivity index (χ4v) is 3.39.